The number of thiazole rings is 1. The van der Waals surface area contributed by atoms with Crippen molar-refractivity contribution in [1.29, 1.82) is 0 Å². The van der Waals surface area contributed by atoms with E-state index >= 15 is 0 Å². The lowest BCUT2D eigenvalue weighted by molar-refractivity contribution is -0.642. The predicted octanol–water partition coefficient (Wildman–Crippen LogP) is 4.91. The minimum Gasteiger partial charge on any atom is -0.392 e. The number of hydrogen-bond acceptors (Lipinski definition) is 4. The highest BCUT2D eigenvalue weighted by Gasteiger charge is 2.26. The minimum atomic E-state index is 0.0726. The van der Waals surface area contributed by atoms with Crippen LogP contribution in [0.25, 0.3) is 27.1 Å². The molecular weight excluding hydrogens is 372 g/mol. The van der Waals surface area contributed by atoms with E-state index in [1.807, 2.05) is 17.8 Å². The number of thioether (sulfide) groups is 1. The van der Waals surface area contributed by atoms with Crippen LogP contribution in [0.5, 0.6) is 0 Å². The summed E-state index contributed by atoms with van der Waals surface area (Å²) in [6.45, 7) is 0.0726. The molecule has 0 unspecified atom stereocenters. The van der Waals surface area contributed by atoms with E-state index in [2.05, 4.69) is 78.2 Å². The zero-order valence-electron chi connectivity index (χ0n) is 15.1. The van der Waals surface area contributed by atoms with Gasteiger partial charge < -0.3 is 10.0 Å². The zero-order chi connectivity index (χ0) is 18.5. The molecular formula is C22H19N2OS2+. The van der Waals surface area contributed by atoms with Crippen molar-refractivity contribution < 1.29 is 9.67 Å². The number of aromatic nitrogens is 1. The van der Waals surface area contributed by atoms with Gasteiger partial charge in [-0.2, -0.15) is 4.57 Å². The molecule has 134 valence electrons. The zero-order valence-corrected chi connectivity index (χ0v) is 16.8. The van der Waals surface area contributed by atoms with Crippen LogP contribution in [0.15, 0.2) is 64.5 Å². The van der Waals surface area contributed by atoms with Gasteiger partial charge in [0.15, 0.2) is 0 Å². The first-order valence-corrected chi connectivity index (χ1v) is 10.5. The van der Waals surface area contributed by atoms with Crippen LogP contribution in [0.2, 0.25) is 0 Å². The van der Waals surface area contributed by atoms with Gasteiger partial charge in [0.1, 0.15) is 11.7 Å². The standard InChI is InChI=1S/C22H19N2OS2/c1-23-17-11-14(13-25)7-9-18(17)26-20(23)12-21-24(2)22-16-6-4-3-5-15(16)8-10-19(22)27-21/h3-12,25H,13H2,1-2H3/q+1. The van der Waals surface area contributed by atoms with E-state index in [4.69, 9.17) is 0 Å². The second-order valence-corrected chi connectivity index (χ2v) is 8.86. The van der Waals surface area contributed by atoms with Crippen LogP contribution in [-0.2, 0) is 13.7 Å². The normalized spacial score (nSPS) is 15.2. The third kappa shape index (κ3) is 2.65. The largest absolute Gasteiger partial charge is 0.392 e. The fraction of sp³-hybridized carbons (Fsp3) is 0.136. The highest BCUT2D eigenvalue weighted by atomic mass is 32.2. The lowest BCUT2D eigenvalue weighted by atomic mass is 10.1. The van der Waals surface area contributed by atoms with E-state index in [9.17, 15) is 5.11 Å². The van der Waals surface area contributed by atoms with Gasteiger partial charge in [0.05, 0.1) is 23.4 Å². The van der Waals surface area contributed by atoms with Crippen LogP contribution in [0, 0.1) is 0 Å². The van der Waals surface area contributed by atoms with Crippen molar-refractivity contribution in [3.63, 3.8) is 0 Å². The van der Waals surface area contributed by atoms with E-state index < -0.39 is 0 Å². The van der Waals surface area contributed by atoms with Crippen LogP contribution < -0.4 is 9.47 Å². The molecule has 0 atom stereocenters. The number of fused-ring (bicyclic) bond motifs is 4. The van der Waals surface area contributed by atoms with E-state index in [0.717, 1.165) is 11.1 Å². The van der Waals surface area contributed by atoms with Gasteiger partial charge in [-0.1, -0.05) is 59.5 Å². The number of hydrogen-bond donors (Lipinski definition) is 1. The average molecular weight is 392 g/mol. The summed E-state index contributed by atoms with van der Waals surface area (Å²) in [4.78, 5) is 3.60. The van der Waals surface area contributed by atoms with Crippen molar-refractivity contribution in [2.45, 2.75) is 11.5 Å². The molecule has 0 amide bonds. The Morgan fingerprint density at radius 3 is 2.81 bits per heavy atom. The smallest absolute Gasteiger partial charge is 0.265 e. The van der Waals surface area contributed by atoms with E-state index in [1.54, 1.807) is 11.3 Å². The molecule has 0 spiro atoms. The Morgan fingerprint density at radius 1 is 1.11 bits per heavy atom. The molecule has 0 fully saturated rings. The second-order valence-electron chi connectivity index (χ2n) is 6.74. The quantitative estimate of drug-likeness (QED) is 0.492. The maximum Gasteiger partial charge on any atom is 0.265 e. The number of benzene rings is 3. The summed E-state index contributed by atoms with van der Waals surface area (Å²) in [7, 11) is 4.24. The van der Waals surface area contributed by atoms with Gasteiger partial charge in [0.2, 0.25) is 5.52 Å². The van der Waals surface area contributed by atoms with Crippen molar-refractivity contribution in [1.82, 2.24) is 0 Å². The Hall–Kier alpha value is -2.34. The van der Waals surface area contributed by atoms with E-state index in [-0.39, 0.29) is 6.61 Å². The Bertz CT molecular complexity index is 1230. The van der Waals surface area contributed by atoms with Crippen molar-refractivity contribution in [3.05, 3.63) is 70.2 Å². The third-order valence-electron chi connectivity index (χ3n) is 5.10. The molecule has 0 aliphatic carbocycles. The molecule has 3 aromatic carbocycles. The highest BCUT2D eigenvalue weighted by molar-refractivity contribution is 8.04. The van der Waals surface area contributed by atoms with Gasteiger partial charge in [0, 0.05) is 23.4 Å². The predicted molar refractivity (Wildman–Crippen MR) is 115 cm³/mol. The molecule has 27 heavy (non-hydrogen) atoms. The van der Waals surface area contributed by atoms with Crippen LogP contribution in [0.4, 0.5) is 5.69 Å². The first kappa shape index (κ1) is 16.8. The topological polar surface area (TPSA) is 27.3 Å². The van der Waals surface area contributed by atoms with Gasteiger partial charge in [0.25, 0.3) is 5.01 Å². The van der Waals surface area contributed by atoms with E-state index in [1.165, 1.54) is 36.1 Å². The van der Waals surface area contributed by atoms with Crippen LogP contribution >= 0.6 is 23.1 Å². The Morgan fingerprint density at radius 2 is 1.96 bits per heavy atom. The molecule has 1 aliphatic heterocycles. The maximum absolute atomic E-state index is 9.42. The summed E-state index contributed by atoms with van der Waals surface area (Å²) in [6, 6.07) is 19.1. The van der Waals surface area contributed by atoms with Gasteiger partial charge in [-0.3, -0.25) is 0 Å². The molecule has 1 N–H and O–H groups in total. The first-order chi connectivity index (χ1) is 13.2. The monoisotopic (exact) mass is 391 g/mol. The molecule has 2 heterocycles. The summed E-state index contributed by atoms with van der Waals surface area (Å²) in [6.07, 6.45) is 2.27. The Labute approximate surface area is 166 Å². The molecule has 5 rings (SSSR count). The summed E-state index contributed by atoms with van der Waals surface area (Å²) < 4.78 is 3.44. The average Bonchev–Trinajstić information content (AvgIpc) is 3.19. The number of anilines is 1. The minimum absolute atomic E-state index is 0.0726. The number of aliphatic hydroxyl groups is 1. The Kier molecular flexibility index (Phi) is 3.97. The molecule has 3 nitrogen and oxygen atoms in total. The lowest BCUT2D eigenvalue weighted by Crippen LogP contribution is -2.29. The van der Waals surface area contributed by atoms with Crippen LogP contribution in [0.1, 0.15) is 10.6 Å². The van der Waals surface area contributed by atoms with Crippen molar-refractivity contribution in [3.8, 4) is 0 Å². The van der Waals surface area contributed by atoms with Gasteiger partial charge in [-0.15, -0.1) is 0 Å². The molecule has 0 saturated heterocycles. The number of nitrogens with zero attached hydrogens (tertiary/aromatic N) is 2. The molecule has 4 aromatic rings. The fourth-order valence-electron chi connectivity index (χ4n) is 3.62. The van der Waals surface area contributed by atoms with Gasteiger partial charge in [-0.05, 0) is 23.1 Å². The van der Waals surface area contributed by atoms with Crippen molar-refractivity contribution in [2.75, 3.05) is 11.9 Å². The van der Waals surface area contributed by atoms with Gasteiger partial charge >= 0.3 is 0 Å². The third-order valence-corrected chi connectivity index (χ3v) is 7.42. The molecule has 1 aromatic heterocycles. The first-order valence-electron chi connectivity index (χ1n) is 8.83. The summed E-state index contributed by atoms with van der Waals surface area (Å²) in [5.74, 6) is 0. The molecule has 0 bridgehead atoms. The number of aryl methyl sites for hydroxylation is 1. The number of aliphatic hydroxyl groups excluding tert-OH is 1. The Balaban J connectivity index is 1.61. The lowest BCUT2D eigenvalue weighted by Gasteiger charge is -2.15. The van der Waals surface area contributed by atoms with Crippen molar-refractivity contribution >= 4 is 55.9 Å². The molecule has 0 saturated carbocycles. The number of rotatable bonds is 2. The SMILES string of the molecule is CN1/C(=C/c2sc3ccc(CO)cc3[n+]2C)Sc2ccc3ccccc3c21. The van der Waals surface area contributed by atoms with Gasteiger partial charge in [-0.25, -0.2) is 0 Å². The highest BCUT2D eigenvalue weighted by Crippen LogP contribution is 2.49. The second kappa shape index (κ2) is 6.37. The molecule has 5 heteroatoms. The molecule has 1 aliphatic rings. The van der Waals surface area contributed by atoms with Crippen molar-refractivity contribution in [2.24, 2.45) is 7.05 Å². The van der Waals surface area contributed by atoms with Crippen LogP contribution in [0.3, 0.4) is 0 Å². The van der Waals surface area contributed by atoms with Crippen LogP contribution in [-0.4, -0.2) is 12.2 Å². The van der Waals surface area contributed by atoms with E-state index in [0.29, 0.717) is 0 Å². The summed E-state index contributed by atoms with van der Waals surface area (Å²) >= 11 is 3.60. The molecule has 0 radical (unpaired) electrons. The fourth-order valence-corrected chi connectivity index (χ4v) is 5.87. The summed E-state index contributed by atoms with van der Waals surface area (Å²) in [5, 5.41) is 14.4. The maximum atomic E-state index is 9.42. The summed E-state index contributed by atoms with van der Waals surface area (Å²) in [5.41, 5.74) is 3.39.